The summed E-state index contributed by atoms with van der Waals surface area (Å²) in [5, 5.41) is 0.998. The maximum absolute atomic E-state index is 12.6. The van der Waals surface area contributed by atoms with Gasteiger partial charge < -0.3 is 23.8 Å². The molecular formula is C20H22N2O8S. The first-order valence-electron chi connectivity index (χ1n) is 9.06. The Morgan fingerprint density at radius 3 is 2.35 bits per heavy atom. The third kappa shape index (κ3) is 5.80. The molecule has 1 aliphatic heterocycles. The minimum absolute atomic E-state index is 0.0459. The van der Waals surface area contributed by atoms with E-state index in [4.69, 9.17) is 18.9 Å². The van der Waals surface area contributed by atoms with Crippen LogP contribution in [-0.4, -0.2) is 41.9 Å². The van der Waals surface area contributed by atoms with E-state index in [1.54, 1.807) is 30.3 Å². The Morgan fingerprint density at radius 1 is 1.06 bits per heavy atom. The predicted octanol–water partition coefficient (Wildman–Crippen LogP) is 2.28. The largest absolute Gasteiger partial charge is 0.496 e. The number of rotatable bonds is 9. The van der Waals surface area contributed by atoms with Gasteiger partial charge in [-0.1, -0.05) is 6.07 Å². The van der Waals surface area contributed by atoms with Crippen molar-refractivity contribution in [2.24, 2.45) is 0 Å². The number of anilines is 1. The second-order valence-corrected chi connectivity index (χ2v) is 7.89. The number of nitrogens with one attached hydrogen (secondary N) is 2. The Bertz CT molecular complexity index is 1060. The van der Waals surface area contributed by atoms with Crippen LogP contribution < -0.4 is 29.1 Å². The first kappa shape index (κ1) is 22.2. The molecule has 2 aromatic carbocycles. The Kier molecular flexibility index (Phi) is 6.88. The highest BCUT2D eigenvalue weighted by molar-refractivity contribution is 7.95. The molecule has 2 N–H and O–H groups in total. The molecule has 1 saturated heterocycles. The minimum atomic E-state index is -3.87. The highest BCUT2D eigenvalue weighted by atomic mass is 32.2. The van der Waals surface area contributed by atoms with Gasteiger partial charge in [-0.15, -0.1) is 5.48 Å². The molecule has 31 heavy (non-hydrogen) atoms. The Hall–Kier alpha value is -3.44. The second kappa shape index (κ2) is 9.58. The summed E-state index contributed by atoms with van der Waals surface area (Å²) in [5.41, 5.74) is 3.15. The van der Waals surface area contributed by atoms with Crippen LogP contribution in [-0.2, 0) is 19.7 Å². The van der Waals surface area contributed by atoms with Gasteiger partial charge in [-0.3, -0.25) is 9.52 Å². The van der Waals surface area contributed by atoms with Gasteiger partial charge in [0, 0.05) is 18.2 Å². The van der Waals surface area contributed by atoms with Gasteiger partial charge in [-0.2, -0.15) is 0 Å². The van der Waals surface area contributed by atoms with Gasteiger partial charge in [0.2, 0.25) is 0 Å². The maximum Gasteiger partial charge on any atom is 0.330 e. The third-order valence-corrected chi connectivity index (χ3v) is 5.21. The van der Waals surface area contributed by atoms with Crippen molar-refractivity contribution in [3.63, 3.8) is 0 Å². The van der Waals surface area contributed by atoms with Crippen LogP contribution in [0.15, 0.2) is 41.8 Å². The smallest absolute Gasteiger partial charge is 0.330 e. The van der Waals surface area contributed by atoms with Crippen molar-refractivity contribution < 1.29 is 37.0 Å². The molecule has 10 nitrogen and oxygen atoms in total. The molecule has 1 fully saturated rings. The fourth-order valence-corrected chi connectivity index (χ4v) is 3.62. The first-order chi connectivity index (χ1) is 14.8. The number of hydrogen-bond donors (Lipinski definition) is 2. The number of carbonyl (C=O) groups is 1. The van der Waals surface area contributed by atoms with Gasteiger partial charge in [-0.25, -0.2) is 8.42 Å². The zero-order chi connectivity index (χ0) is 22.4. The second-order valence-electron chi connectivity index (χ2n) is 6.33. The molecule has 0 saturated carbocycles. The number of ether oxygens (including phenoxy) is 4. The van der Waals surface area contributed by atoms with Crippen molar-refractivity contribution in [3.8, 4) is 23.0 Å². The molecule has 3 rings (SSSR count). The van der Waals surface area contributed by atoms with Crippen LogP contribution in [0, 0.1) is 0 Å². The highest BCUT2D eigenvalue weighted by Crippen LogP contribution is 2.35. The molecule has 0 spiro atoms. The van der Waals surface area contributed by atoms with Crippen molar-refractivity contribution in [1.82, 2.24) is 5.48 Å². The zero-order valence-corrected chi connectivity index (χ0v) is 17.9. The van der Waals surface area contributed by atoms with Gasteiger partial charge in [0.1, 0.15) is 29.4 Å². The summed E-state index contributed by atoms with van der Waals surface area (Å²) < 4.78 is 49.0. The molecule has 2 aromatic rings. The standard InChI is InChI=1S/C20H22N2O8S/c1-26-15-10-17(27-2)16(18(11-15)28-3)7-8-31(24,25)22-13-5-4-6-14(9-13)29-19-12-20(23)30-21-19/h4-11,19,21-22H,12H2,1-3H3/b8-7+. The van der Waals surface area contributed by atoms with E-state index >= 15 is 0 Å². The number of carbonyl (C=O) groups excluding carboxylic acids is 1. The number of hydrogen-bond acceptors (Lipinski definition) is 9. The molecule has 11 heteroatoms. The molecule has 1 unspecified atom stereocenters. The molecule has 0 aromatic heterocycles. The van der Waals surface area contributed by atoms with E-state index in [0.717, 1.165) is 5.41 Å². The Balaban J connectivity index is 1.77. The molecule has 0 amide bonds. The van der Waals surface area contributed by atoms with Crippen LogP contribution in [0.4, 0.5) is 5.69 Å². The Morgan fingerprint density at radius 2 is 1.77 bits per heavy atom. The lowest BCUT2D eigenvalue weighted by Gasteiger charge is -2.13. The SMILES string of the molecule is COc1cc(OC)c(/C=C/S(=O)(=O)Nc2cccc(OC3CC(=O)ON3)c2)c(OC)c1. The normalized spacial score (nSPS) is 16.1. The van der Waals surface area contributed by atoms with E-state index in [2.05, 4.69) is 15.0 Å². The van der Waals surface area contributed by atoms with E-state index < -0.39 is 22.2 Å². The van der Waals surface area contributed by atoms with Crippen LogP contribution in [0.3, 0.4) is 0 Å². The molecule has 0 bridgehead atoms. The summed E-state index contributed by atoms with van der Waals surface area (Å²) in [6, 6.07) is 9.54. The highest BCUT2D eigenvalue weighted by Gasteiger charge is 2.25. The van der Waals surface area contributed by atoms with Crippen molar-refractivity contribution in [1.29, 1.82) is 0 Å². The van der Waals surface area contributed by atoms with Gasteiger partial charge >= 0.3 is 5.97 Å². The average Bonchev–Trinajstić information content (AvgIpc) is 3.15. The van der Waals surface area contributed by atoms with Gasteiger partial charge in [-0.05, 0) is 18.2 Å². The number of benzene rings is 2. The molecule has 0 radical (unpaired) electrons. The van der Waals surface area contributed by atoms with Gasteiger partial charge in [0.25, 0.3) is 10.0 Å². The number of methoxy groups -OCH3 is 3. The lowest BCUT2D eigenvalue weighted by atomic mass is 10.1. The maximum atomic E-state index is 12.6. The van der Waals surface area contributed by atoms with Crippen LogP contribution in [0.1, 0.15) is 12.0 Å². The fraction of sp³-hybridized carbons (Fsp3) is 0.250. The van der Waals surface area contributed by atoms with Crippen LogP contribution >= 0.6 is 0 Å². The predicted molar refractivity (Wildman–Crippen MR) is 112 cm³/mol. The van der Waals surface area contributed by atoms with Gasteiger partial charge in [0.15, 0.2) is 6.23 Å². The molecule has 1 aliphatic rings. The summed E-state index contributed by atoms with van der Waals surface area (Å²) in [4.78, 5) is 15.7. The van der Waals surface area contributed by atoms with Crippen LogP contribution in [0.25, 0.3) is 6.08 Å². The van der Waals surface area contributed by atoms with Crippen LogP contribution in [0.2, 0.25) is 0 Å². The molecular weight excluding hydrogens is 428 g/mol. The third-order valence-electron chi connectivity index (χ3n) is 4.20. The quantitative estimate of drug-likeness (QED) is 0.592. The van der Waals surface area contributed by atoms with E-state index in [9.17, 15) is 13.2 Å². The lowest BCUT2D eigenvalue weighted by Crippen LogP contribution is -2.26. The Labute approximate surface area is 179 Å². The fourth-order valence-electron chi connectivity index (χ4n) is 2.78. The summed E-state index contributed by atoms with van der Waals surface area (Å²) in [6.45, 7) is 0. The van der Waals surface area contributed by atoms with Gasteiger partial charge in [0.05, 0.1) is 38.0 Å². The summed E-state index contributed by atoms with van der Waals surface area (Å²) in [6.07, 6.45) is 0.768. The van der Waals surface area contributed by atoms with Crippen molar-refractivity contribution in [2.45, 2.75) is 12.6 Å². The summed E-state index contributed by atoms with van der Waals surface area (Å²) in [5.74, 6) is 1.21. The monoisotopic (exact) mass is 450 g/mol. The molecule has 166 valence electrons. The number of sulfonamides is 1. The van der Waals surface area contributed by atoms with E-state index in [1.165, 1.54) is 33.5 Å². The van der Waals surface area contributed by atoms with Crippen molar-refractivity contribution in [2.75, 3.05) is 26.1 Å². The van der Waals surface area contributed by atoms with E-state index in [0.29, 0.717) is 28.6 Å². The summed E-state index contributed by atoms with van der Waals surface area (Å²) in [7, 11) is 0.549. The number of hydroxylamine groups is 1. The first-order valence-corrected chi connectivity index (χ1v) is 10.6. The van der Waals surface area contributed by atoms with E-state index in [-0.39, 0.29) is 12.1 Å². The zero-order valence-electron chi connectivity index (χ0n) is 17.1. The minimum Gasteiger partial charge on any atom is -0.496 e. The topological polar surface area (TPSA) is 121 Å². The molecule has 1 heterocycles. The average molecular weight is 450 g/mol. The lowest BCUT2D eigenvalue weighted by molar-refractivity contribution is -0.143. The van der Waals surface area contributed by atoms with Crippen molar-refractivity contribution >= 4 is 27.8 Å². The molecule has 1 atom stereocenters. The summed E-state index contributed by atoms with van der Waals surface area (Å²) >= 11 is 0. The molecule has 0 aliphatic carbocycles. The van der Waals surface area contributed by atoms with E-state index in [1.807, 2.05) is 0 Å². The van der Waals surface area contributed by atoms with Crippen molar-refractivity contribution in [3.05, 3.63) is 47.4 Å². The van der Waals surface area contributed by atoms with Crippen LogP contribution in [0.5, 0.6) is 23.0 Å².